The fourth-order valence-electron chi connectivity index (χ4n) is 4.65. The smallest absolute Gasteiger partial charge is 0.206 e. The van der Waals surface area contributed by atoms with E-state index in [1.807, 2.05) is 13.0 Å². The molecule has 0 spiro atoms. The van der Waals surface area contributed by atoms with E-state index in [-0.39, 0.29) is 16.9 Å². The highest BCUT2D eigenvalue weighted by molar-refractivity contribution is 6.44. The molecule has 0 fully saturated rings. The Balaban J connectivity index is 2.16. The zero-order valence-electron chi connectivity index (χ0n) is 16.2. The number of ketones is 1. The van der Waals surface area contributed by atoms with Gasteiger partial charge in [-0.2, -0.15) is 0 Å². The highest BCUT2D eigenvalue weighted by Gasteiger charge is 2.41. The molecule has 0 heterocycles. The van der Waals surface area contributed by atoms with Gasteiger partial charge < -0.3 is 5.41 Å². The molecule has 0 amide bonds. The summed E-state index contributed by atoms with van der Waals surface area (Å²) in [5, 5.41) is 8.07. The van der Waals surface area contributed by atoms with Crippen molar-refractivity contribution < 1.29 is 4.79 Å². The lowest BCUT2D eigenvalue weighted by atomic mass is 9.71. The van der Waals surface area contributed by atoms with E-state index in [2.05, 4.69) is 50.2 Å². The van der Waals surface area contributed by atoms with Gasteiger partial charge >= 0.3 is 0 Å². The molecule has 0 atom stereocenters. The van der Waals surface area contributed by atoms with Crippen LogP contribution in [0.25, 0.3) is 11.1 Å². The third kappa shape index (κ3) is 2.92. The minimum absolute atomic E-state index is 0.00133. The van der Waals surface area contributed by atoms with Crippen LogP contribution in [0, 0.1) is 5.41 Å². The summed E-state index contributed by atoms with van der Waals surface area (Å²) in [4.78, 5) is 12.7. The van der Waals surface area contributed by atoms with Crippen LogP contribution < -0.4 is 0 Å². The Morgan fingerprint density at radius 1 is 0.885 bits per heavy atom. The average Bonchev–Trinajstić information content (AvgIpc) is 2.92. The Morgan fingerprint density at radius 3 is 2.19 bits per heavy atom. The van der Waals surface area contributed by atoms with Crippen LogP contribution in [0.15, 0.2) is 42.5 Å². The zero-order valence-corrected chi connectivity index (χ0v) is 16.2. The molecule has 3 rings (SSSR count). The van der Waals surface area contributed by atoms with Gasteiger partial charge in [-0.3, -0.25) is 4.79 Å². The molecule has 2 aromatic rings. The SMILES string of the molecule is CCCC(=N)C(=O)c1ccc2c(c1)C(CCC)(CCC)c1ccccc1-2. The predicted octanol–water partition coefficient (Wildman–Crippen LogP) is 6.56. The molecule has 0 bridgehead atoms. The largest absolute Gasteiger partial charge is 0.301 e. The molecule has 2 nitrogen and oxygen atoms in total. The summed E-state index contributed by atoms with van der Waals surface area (Å²) < 4.78 is 0. The lowest BCUT2D eigenvalue weighted by molar-refractivity contribution is 0.106. The summed E-state index contributed by atoms with van der Waals surface area (Å²) in [6, 6.07) is 14.8. The second kappa shape index (κ2) is 7.57. The molecule has 2 heteroatoms. The van der Waals surface area contributed by atoms with E-state index in [0.717, 1.165) is 32.1 Å². The number of carbonyl (C=O) groups excluding carboxylic acids is 1. The predicted molar refractivity (Wildman–Crippen MR) is 109 cm³/mol. The highest BCUT2D eigenvalue weighted by atomic mass is 16.1. The second-order valence-electron chi connectivity index (χ2n) is 7.45. The van der Waals surface area contributed by atoms with Crippen LogP contribution in [0.1, 0.15) is 80.8 Å². The van der Waals surface area contributed by atoms with Crippen molar-refractivity contribution in [3.05, 3.63) is 59.2 Å². The van der Waals surface area contributed by atoms with Crippen LogP contribution >= 0.6 is 0 Å². The maximum atomic E-state index is 12.7. The lowest BCUT2D eigenvalue weighted by Gasteiger charge is -2.32. The molecule has 0 saturated carbocycles. The van der Waals surface area contributed by atoms with Gasteiger partial charge in [-0.1, -0.05) is 76.4 Å². The molecule has 0 radical (unpaired) electrons. The summed E-state index contributed by atoms with van der Waals surface area (Å²) in [6.07, 6.45) is 5.78. The van der Waals surface area contributed by atoms with E-state index < -0.39 is 0 Å². The van der Waals surface area contributed by atoms with Crippen LogP contribution in [-0.4, -0.2) is 11.5 Å². The molecule has 1 aliphatic carbocycles. The third-order valence-electron chi connectivity index (χ3n) is 5.66. The molecule has 136 valence electrons. The van der Waals surface area contributed by atoms with Crippen molar-refractivity contribution in [2.24, 2.45) is 0 Å². The van der Waals surface area contributed by atoms with Gasteiger partial charge in [-0.05, 0) is 47.6 Å². The normalized spacial score (nSPS) is 14.0. The molecule has 1 N–H and O–H groups in total. The van der Waals surface area contributed by atoms with E-state index in [4.69, 9.17) is 5.41 Å². The lowest BCUT2D eigenvalue weighted by Crippen LogP contribution is -2.25. The molecular weight excluding hydrogens is 318 g/mol. The van der Waals surface area contributed by atoms with Crippen molar-refractivity contribution in [2.45, 2.75) is 64.7 Å². The Morgan fingerprint density at radius 2 is 1.54 bits per heavy atom. The number of benzene rings is 2. The Hall–Kier alpha value is -2.22. The van der Waals surface area contributed by atoms with Crippen molar-refractivity contribution in [3.8, 4) is 11.1 Å². The van der Waals surface area contributed by atoms with Gasteiger partial charge in [-0.15, -0.1) is 0 Å². The number of rotatable bonds is 8. The van der Waals surface area contributed by atoms with Crippen LogP contribution in [-0.2, 0) is 5.41 Å². The van der Waals surface area contributed by atoms with Crippen LogP contribution in [0.3, 0.4) is 0 Å². The Kier molecular flexibility index (Phi) is 5.41. The molecule has 2 aromatic carbocycles. The standard InChI is InChI=1S/C24H29NO/c1-4-9-22(25)23(26)17-12-13-19-18-10-7-8-11-20(18)24(14-5-2,15-6-3)21(19)16-17/h7-8,10-13,16,25H,4-6,9,14-15H2,1-3H3. The van der Waals surface area contributed by atoms with Crippen LogP contribution in [0.5, 0.6) is 0 Å². The topological polar surface area (TPSA) is 40.9 Å². The number of carbonyl (C=O) groups is 1. The number of fused-ring (bicyclic) bond motifs is 3. The van der Waals surface area contributed by atoms with E-state index in [1.54, 1.807) is 0 Å². The molecule has 0 aromatic heterocycles. The summed E-state index contributed by atoms with van der Waals surface area (Å²) in [7, 11) is 0. The third-order valence-corrected chi connectivity index (χ3v) is 5.66. The average molecular weight is 348 g/mol. The van der Waals surface area contributed by atoms with Crippen molar-refractivity contribution in [1.29, 1.82) is 5.41 Å². The summed E-state index contributed by atoms with van der Waals surface area (Å²) in [5.41, 5.74) is 6.17. The van der Waals surface area contributed by atoms with Crippen molar-refractivity contribution in [1.82, 2.24) is 0 Å². The molecule has 0 saturated heterocycles. The van der Waals surface area contributed by atoms with E-state index in [9.17, 15) is 4.79 Å². The van der Waals surface area contributed by atoms with Gasteiger partial charge in [-0.25, -0.2) is 0 Å². The van der Waals surface area contributed by atoms with E-state index in [0.29, 0.717) is 12.0 Å². The molecule has 1 aliphatic rings. The van der Waals surface area contributed by atoms with Crippen molar-refractivity contribution in [3.63, 3.8) is 0 Å². The molecule has 26 heavy (non-hydrogen) atoms. The van der Waals surface area contributed by atoms with Gasteiger partial charge in [0.1, 0.15) is 0 Å². The molecule has 0 unspecified atom stereocenters. The second-order valence-corrected chi connectivity index (χ2v) is 7.45. The number of hydrogen-bond acceptors (Lipinski definition) is 2. The number of hydrogen-bond donors (Lipinski definition) is 1. The van der Waals surface area contributed by atoms with Gasteiger partial charge in [0.25, 0.3) is 0 Å². The first-order valence-corrected chi connectivity index (χ1v) is 9.95. The minimum Gasteiger partial charge on any atom is -0.301 e. The highest BCUT2D eigenvalue weighted by Crippen LogP contribution is 2.53. The molecular formula is C24H29NO. The van der Waals surface area contributed by atoms with Gasteiger partial charge in [0.15, 0.2) is 0 Å². The van der Waals surface area contributed by atoms with Gasteiger partial charge in [0.2, 0.25) is 5.78 Å². The maximum absolute atomic E-state index is 12.7. The quantitative estimate of drug-likeness (QED) is 0.426. The van der Waals surface area contributed by atoms with Crippen LogP contribution in [0.2, 0.25) is 0 Å². The first kappa shape index (κ1) is 18.6. The number of Topliss-reactive ketones (excluding diaryl/α,β-unsaturated/α-hetero) is 1. The minimum atomic E-state index is -0.118. The number of nitrogens with one attached hydrogen (secondary N) is 1. The fraction of sp³-hybridized carbons (Fsp3) is 0.417. The zero-order chi connectivity index (χ0) is 18.7. The Labute approximate surface area is 157 Å². The van der Waals surface area contributed by atoms with Crippen molar-refractivity contribution in [2.75, 3.05) is 0 Å². The van der Waals surface area contributed by atoms with Crippen LogP contribution in [0.4, 0.5) is 0 Å². The van der Waals surface area contributed by atoms with Gasteiger partial charge in [0, 0.05) is 11.0 Å². The first-order valence-electron chi connectivity index (χ1n) is 9.95. The monoisotopic (exact) mass is 347 g/mol. The Bertz CT molecular complexity index is 828. The first-order chi connectivity index (χ1) is 12.6. The maximum Gasteiger partial charge on any atom is 0.206 e. The van der Waals surface area contributed by atoms with Gasteiger partial charge in [0.05, 0.1) is 5.71 Å². The summed E-state index contributed by atoms with van der Waals surface area (Å²) in [6.45, 7) is 6.49. The fourth-order valence-corrected chi connectivity index (χ4v) is 4.65. The summed E-state index contributed by atoms with van der Waals surface area (Å²) in [5.74, 6) is -0.118. The van der Waals surface area contributed by atoms with E-state index in [1.165, 1.54) is 22.3 Å². The summed E-state index contributed by atoms with van der Waals surface area (Å²) >= 11 is 0. The molecule has 0 aliphatic heterocycles. The van der Waals surface area contributed by atoms with E-state index >= 15 is 0 Å². The van der Waals surface area contributed by atoms with Crippen molar-refractivity contribution >= 4 is 11.5 Å².